The van der Waals surface area contributed by atoms with E-state index in [1.54, 1.807) is 19.1 Å². The lowest BCUT2D eigenvalue weighted by Gasteiger charge is -2.21. The molecule has 0 radical (unpaired) electrons. The van der Waals surface area contributed by atoms with Crippen molar-refractivity contribution in [2.75, 3.05) is 44.6 Å². The number of ether oxygens (including phenoxy) is 2. The van der Waals surface area contributed by atoms with Crippen molar-refractivity contribution in [1.29, 1.82) is 0 Å². The Morgan fingerprint density at radius 3 is 2.43 bits per heavy atom. The number of anilines is 2. The monoisotopic (exact) mass is 545 g/mol. The number of sulfonamides is 1. The first-order valence-electron chi connectivity index (χ1n) is 10.9. The zero-order valence-corrected chi connectivity index (χ0v) is 21.6. The van der Waals surface area contributed by atoms with E-state index in [9.17, 15) is 26.0 Å². The molecule has 0 saturated carbocycles. The normalized spacial score (nSPS) is 13.1. The molecule has 1 aromatic heterocycles. The number of aromatic nitrogens is 2. The minimum absolute atomic E-state index is 0.00599. The molecule has 3 N–H and O–H groups in total. The molecule has 0 amide bonds. The molecule has 1 atom stereocenters. The van der Waals surface area contributed by atoms with Gasteiger partial charge in [0, 0.05) is 36.3 Å². The molecule has 0 spiro atoms. The van der Waals surface area contributed by atoms with E-state index in [2.05, 4.69) is 15.3 Å². The molecule has 0 fully saturated rings. The minimum atomic E-state index is -4.92. The van der Waals surface area contributed by atoms with Crippen LogP contribution in [-0.2, 0) is 16.2 Å². The standard InChI is InChI=1S/C23H27F4N5O4S/c1-12(15-8-14(28)9-17(21(15)24)23(25,26)27)29-22-16-10-20(36-7-6-32(3)37(5,33)34)19(35-4)11-18(16)30-13(2)31-22/h8-12H,6-7,28H2,1-5H3,(H,29,30,31)/t12-/m1/s1. The highest BCUT2D eigenvalue weighted by Gasteiger charge is 2.36. The number of hydrogen-bond donors (Lipinski definition) is 2. The van der Waals surface area contributed by atoms with Gasteiger partial charge in [-0.1, -0.05) is 0 Å². The molecule has 0 saturated heterocycles. The molecule has 14 heteroatoms. The first-order chi connectivity index (χ1) is 17.1. The van der Waals surface area contributed by atoms with Gasteiger partial charge in [0.15, 0.2) is 11.5 Å². The van der Waals surface area contributed by atoms with Crippen molar-refractivity contribution < 1.29 is 35.5 Å². The molecule has 37 heavy (non-hydrogen) atoms. The van der Waals surface area contributed by atoms with Gasteiger partial charge < -0.3 is 20.5 Å². The van der Waals surface area contributed by atoms with Crippen molar-refractivity contribution in [3.63, 3.8) is 0 Å². The largest absolute Gasteiger partial charge is 0.493 e. The van der Waals surface area contributed by atoms with Crippen molar-refractivity contribution in [2.24, 2.45) is 0 Å². The number of nitrogens with one attached hydrogen (secondary N) is 1. The number of halogens is 4. The molecular weight excluding hydrogens is 518 g/mol. The Kier molecular flexibility index (Phi) is 8.03. The number of nitrogens with two attached hydrogens (primary N) is 1. The summed E-state index contributed by atoms with van der Waals surface area (Å²) in [5, 5.41) is 3.37. The number of alkyl halides is 3. The average molecular weight is 546 g/mol. The second-order valence-electron chi connectivity index (χ2n) is 8.41. The summed E-state index contributed by atoms with van der Waals surface area (Å²) in [6.07, 6.45) is -3.84. The third-order valence-electron chi connectivity index (χ3n) is 5.57. The Morgan fingerprint density at radius 2 is 1.84 bits per heavy atom. The summed E-state index contributed by atoms with van der Waals surface area (Å²) in [6.45, 7) is 3.17. The Bertz CT molecular complexity index is 1420. The molecule has 202 valence electrons. The number of fused-ring (bicyclic) bond motifs is 1. The van der Waals surface area contributed by atoms with Gasteiger partial charge in [-0.3, -0.25) is 0 Å². The van der Waals surface area contributed by atoms with Crippen LogP contribution in [0.3, 0.4) is 0 Å². The van der Waals surface area contributed by atoms with Gasteiger partial charge in [0.05, 0.1) is 30.5 Å². The van der Waals surface area contributed by atoms with Crippen LogP contribution in [0.2, 0.25) is 0 Å². The summed E-state index contributed by atoms with van der Waals surface area (Å²) in [7, 11) is -0.560. The maximum absolute atomic E-state index is 14.8. The molecule has 9 nitrogen and oxygen atoms in total. The van der Waals surface area contributed by atoms with Crippen molar-refractivity contribution >= 4 is 32.4 Å². The Hall–Kier alpha value is -3.39. The Morgan fingerprint density at radius 1 is 1.16 bits per heavy atom. The predicted octanol–water partition coefficient (Wildman–Crippen LogP) is 4.13. The maximum atomic E-state index is 14.8. The number of rotatable bonds is 9. The van der Waals surface area contributed by atoms with E-state index in [4.69, 9.17) is 15.2 Å². The number of benzene rings is 2. The molecular formula is C23H27F4N5O4S. The maximum Gasteiger partial charge on any atom is 0.419 e. The zero-order valence-electron chi connectivity index (χ0n) is 20.8. The molecule has 1 heterocycles. The quantitative estimate of drug-likeness (QED) is 0.304. The zero-order chi connectivity index (χ0) is 27.7. The van der Waals surface area contributed by atoms with Gasteiger partial charge in [0.2, 0.25) is 10.0 Å². The summed E-state index contributed by atoms with van der Waals surface area (Å²) < 4.78 is 90.2. The van der Waals surface area contributed by atoms with E-state index < -0.39 is 33.6 Å². The van der Waals surface area contributed by atoms with E-state index in [1.807, 2.05) is 0 Å². The van der Waals surface area contributed by atoms with Crippen LogP contribution in [-0.4, -0.2) is 56.3 Å². The van der Waals surface area contributed by atoms with Gasteiger partial charge in [-0.25, -0.2) is 27.1 Å². The highest BCUT2D eigenvalue weighted by molar-refractivity contribution is 7.88. The van der Waals surface area contributed by atoms with Crippen LogP contribution >= 0.6 is 0 Å². The van der Waals surface area contributed by atoms with E-state index in [-0.39, 0.29) is 36.0 Å². The van der Waals surface area contributed by atoms with Crippen LogP contribution in [0.25, 0.3) is 10.9 Å². The number of aryl methyl sites for hydroxylation is 1. The third kappa shape index (κ3) is 6.49. The number of methoxy groups -OCH3 is 1. The Labute approximate surface area is 211 Å². The van der Waals surface area contributed by atoms with Gasteiger partial charge in [0.25, 0.3) is 0 Å². The summed E-state index contributed by atoms with van der Waals surface area (Å²) in [4.78, 5) is 8.71. The van der Waals surface area contributed by atoms with Crippen molar-refractivity contribution in [3.05, 3.63) is 47.0 Å². The van der Waals surface area contributed by atoms with Crippen LogP contribution in [0.4, 0.5) is 29.1 Å². The van der Waals surface area contributed by atoms with Crippen molar-refractivity contribution in [3.8, 4) is 11.5 Å². The third-order valence-corrected chi connectivity index (χ3v) is 6.89. The van der Waals surface area contributed by atoms with Crippen molar-refractivity contribution in [1.82, 2.24) is 14.3 Å². The van der Waals surface area contributed by atoms with Gasteiger partial charge in [0.1, 0.15) is 24.1 Å². The fourth-order valence-corrected chi connectivity index (χ4v) is 3.97. The topological polar surface area (TPSA) is 120 Å². The predicted molar refractivity (Wildman–Crippen MR) is 132 cm³/mol. The van der Waals surface area contributed by atoms with Crippen LogP contribution in [0.5, 0.6) is 11.5 Å². The molecule has 0 aliphatic carbocycles. The van der Waals surface area contributed by atoms with Gasteiger partial charge in [-0.15, -0.1) is 0 Å². The summed E-state index contributed by atoms with van der Waals surface area (Å²) in [5.41, 5.74) is 4.08. The molecule has 0 aliphatic heterocycles. The summed E-state index contributed by atoms with van der Waals surface area (Å²) in [5.74, 6) is -0.293. The second kappa shape index (κ2) is 10.5. The number of hydrogen-bond acceptors (Lipinski definition) is 8. The average Bonchev–Trinajstić information content (AvgIpc) is 2.78. The van der Waals surface area contributed by atoms with Crippen LogP contribution in [0.15, 0.2) is 24.3 Å². The molecule has 0 unspecified atom stereocenters. The minimum Gasteiger partial charge on any atom is -0.493 e. The Balaban J connectivity index is 1.99. The van der Waals surface area contributed by atoms with Gasteiger partial charge >= 0.3 is 6.18 Å². The molecule has 0 bridgehead atoms. The highest BCUT2D eigenvalue weighted by Crippen LogP contribution is 2.38. The SMILES string of the molecule is COc1cc2nc(C)nc(N[C@H](C)c3cc(N)cc(C(F)(F)F)c3F)c2cc1OCCN(C)S(C)(=O)=O. The lowest BCUT2D eigenvalue weighted by atomic mass is 10.0. The highest BCUT2D eigenvalue weighted by atomic mass is 32.2. The van der Waals surface area contributed by atoms with E-state index in [0.29, 0.717) is 28.5 Å². The van der Waals surface area contributed by atoms with Gasteiger partial charge in [-0.05, 0) is 32.0 Å². The molecule has 3 aromatic rings. The van der Waals surface area contributed by atoms with Gasteiger partial charge in [-0.2, -0.15) is 13.2 Å². The fourth-order valence-electron chi connectivity index (χ4n) is 3.56. The molecule has 0 aliphatic rings. The lowest BCUT2D eigenvalue weighted by Crippen LogP contribution is -2.29. The smallest absolute Gasteiger partial charge is 0.419 e. The first-order valence-corrected chi connectivity index (χ1v) is 12.8. The second-order valence-corrected chi connectivity index (χ2v) is 10.5. The molecule has 2 aromatic carbocycles. The van der Waals surface area contributed by atoms with Crippen LogP contribution in [0.1, 0.15) is 29.9 Å². The number of likely N-dealkylation sites (N-methyl/N-ethyl adjacent to an activating group) is 1. The van der Waals surface area contributed by atoms with Crippen LogP contribution < -0.4 is 20.5 Å². The van der Waals surface area contributed by atoms with E-state index in [1.165, 1.54) is 21.1 Å². The van der Waals surface area contributed by atoms with E-state index >= 15 is 0 Å². The first kappa shape index (κ1) is 28.2. The number of nitrogens with zero attached hydrogens (tertiary/aromatic N) is 3. The summed E-state index contributed by atoms with van der Waals surface area (Å²) >= 11 is 0. The lowest BCUT2D eigenvalue weighted by molar-refractivity contribution is -0.140. The molecule has 3 rings (SSSR count). The van der Waals surface area contributed by atoms with E-state index in [0.717, 1.165) is 16.6 Å². The van der Waals surface area contributed by atoms with Crippen molar-refractivity contribution in [2.45, 2.75) is 26.1 Å². The number of nitrogen functional groups attached to an aromatic ring is 1. The fraction of sp³-hybridized carbons (Fsp3) is 0.391. The van der Waals surface area contributed by atoms with Crippen LogP contribution in [0, 0.1) is 12.7 Å². The summed E-state index contributed by atoms with van der Waals surface area (Å²) in [6, 6.07) is 3.86.